The molecule has 0 saturated carbocycles. The zero-order valence-electron chi connectivity index (χ0n) is 6.36. The lowest BCUT2D eigenvalue weighted by Gasteiger charge is -2.18. The van der Waals surface area contributed by atoms with E-state index in [9.17, 15) is 0 Å². The third kappa shape index (κ3) is 1.23. The van der Waals surface area contributed by atoms with Crippen molar-refractivity contribution in [3.05, 3.63) is 21.9 Å². The molecule has 60 valence electrons. The van der Waals surface area contributed by atoms with Crippen LogP contribution in [0.3, 0.4) is 0 Å². The van der Waals surface area contributed by atoms with Crippen LogP contribution in [0.2, 0.25) is 0 Å². The Balaban J connectivity index is 2.43. The van der Waals surface area contributed by atoms with E-state index in [2.05, 4.69) is 33.9 Å². The summed E-state index contributed by atoms with van der Waals surface area (Å²) in [7, 11) is 0. The van der Waals surface area contributed by atoms with Crippen LogP contribution in [0.5, 0.6) is 0 Å². The van der Waals surface area contributed by atoms with E-state index in [1.165, 1.54) is 11.3 Å². The summed E-state index contributed by atoms with van der Waals surface area (Å²) in [5.74, 6) is 0.505. The van der Waals surface area contributed by atoms with Crippen molar-refractivity contribution in [2.75, 3.05) is 6.61 Å². The molecule has 0 amide bonds. The van der Waals surface area contributed by atoms with E-state index in [-0.39, 0.29) is 0 Å². The lowest BCUT2D eigenvalue weighted by Crippen LogP contribution is -2.12. The maximum Gasteiger partial charge on any atom is 0.0826 e. The van der Waals surface area contributed by atoms with E-state index in [1.807, 2.05) is 0 Å². The molecule has 1 aliphatic heterocycles. The number of hydrogen-bond donors (Lipinski definition) is 1. The number of aromatic amines is 1. The first-order valence-corrected chi connectivity index (χ1v) is 4.51. The molecule has 3 heteroatoms. The maximum atomic E-state index is 5.38. The molecule has 11 heavy (non-hydrogen) atoms. The van der Waals surface area contributed by atoms with E-state index >= 15 is 0 Å². The first-order chi connectivity index (χ1) is 5.27. The molecular formula is C8H10BrNO. The molecule has 2 nitrogen and oxygen atoms in total. The lowest BCUT2D eigenvalue weighted by atomic mass is 10.0. The minimum Gasteiger partial charge on any atom is -0.376 e. The predicted molar refractivity (Wildman–Crippen MR) is 46.6 cm³/mol. The van der Waals surface area contributed by atoms with Gasteiger partial charge >= 0.3 is 0 Å². The van der Waals surface area contributed by atoms with Crippen LogP contribution in [0.1, 0.15) is 24.1 Å². The van der Waals surface area contributed by atoms with Gasteiger partial charge in [-0.05, 0) is 27.6 Å². The van der Waals surface area contributed by atoms with Crippen molar-refractivity contribution in [1.82, 2.24) is 4.98 Å². The molecule has 1 unspecified atom stereocenters. The quantitative estimate of drug-likeness (QED) is 0.707. The molecule has 1 aliphatic rings. The van der Waals surface area contributed by atoms with Crippen molar-refractivity contribution in [2.45, 2.75) is 19.4 Å². The number of H-pyrrole nitrogens is 1. The van der Waals surface area contributed by atoms with Gasteiger partial charge in [-0.25, -0.2) is 0 Å². The second-order valence-electron chi connectivity index (χ2n) is 2.97. The summed E-state index contributed by atoms with van der Waals surface area (Å²) in [6, 6.07) is 2.09. The Bertz CT molecular complexity index is 269. The van der Waals surface area contributed by atoms with Crippen LogP contribution >= 0.6 is 15.9 Å². The first kappa shape index (κ1) is 7.37. The van der Waals surface area contributed by atoms with Gasteiger partial charge in [-0.3, -0.25) is 0 Å². The molecule has 0 aliphatic carbocycles. The standard InChI is InChI=1S/C8H10BrNO/c1-5-3-11-4-6-2-7(9)10-8(5)6/h2,5,10H,3-4H2,1H3. The van der Waals surface area contributed by atoms with E-state index in [0.29, 0.717) is 5.92 Å². The van der Waals surface area contributed by atoms with Crippen LogP contribution in [0, 0.1) is 0 Å². The third-order valence-corrected chi connectivity index (χ3v) is 2.45. The number of ether oxygens (including phenoxy) is 1. The molecule has 1 aromatic rings. The largest absolute Gasteiger partial charge is 0.376 e. The van der Waals surface area contributed by atoms with Crippen molar-refractivity contribution < 1.29 is 4.74 Å². The summed E-state index contributed by atoms with van der Waals surface area (Å²) in [6.45, 7) is 3.75. The number of hydrogen-bond acceptors (Lipinski definition) is 1. The summed E-state index contributed by atoms with van der Waals surface area (Å²) < 4.78 is 6.44. The van der Waals surface area contributed by atoms with Crippen LogP contribution in [-0.2, 0) is 11.3 Å². The predicted octanol–water partition coefficient (Wildman–Crippen LogP) is 2.41. The van der Waals surface area contributed by atoms with Gasteiger partial charge in [0.1, 0.15) is 0 Å². The van der Waals surface area contributed by atoms with Crippen LogP contribution < -0.4 is 0 Å². The summed E-state index contributed by atoms with van der Waals surface area (Å²) >= 11 is 3.41. The van der Waals surface area contributed by atoms with Gasteiger partial charge in [-0.1, -0.05) is 6.92 Å². The molecular weight excluding hydrogens is 206 g/mol. The smallest absolute Gasteiger partial charge is 0.0826 e. The van der Waals surface area contributed by atoms with Crippen LogP contribution in [0.25, 0.3) is 0 Å². The molecule has 0 radical (unpaired) electrons. The molecule has 2 rings (SSSR count). The van der Waals surface area contributed by atoms with E-state index in [0.717, 1.165) is 17.8 Å². The average Bonchev–Trinajstić information content (AvgIpc) is 2.31. The van der Waals surface area contributed by atoms with Gasteiger partial charge in [0.25, 0.3) is 0 Å². The van der Waals surface area contributed by atoms with E-state index < -0.39 is 0 Å². The van der Waals surface area contributed by atoms with Gasteiger partial charge in [0.15, 0.2) is 0 Å². The summed E-state index contributed by atoms with van der Waals surface area (Å²) in [4.78, 5) is 3.28. The molecule has 0 aromatic carbocycles. The highest BCUT2D eigenvalue weighted by molar-refractivity contribution is 9.10. The summed E-state index contributed by atoms with van der Waals surface area (Å²) in [5.41, 5.74) is 2.61. The minimum atomic E-state index is 0.505. The number of nitrogens with one attached hydrogen (secondary N) is 1. The second-order valence-corrected chi connectivity index (χ2v) is 3.83. The van der Waals surface area contributed by atoms with Crippen LogP contribution in [0.4, 0.5) is 0 Å². The fraction of sp³-hybridized carbons (Fsp3) is 0.500. The Labute approximate surface area is 74.1 Å². The Morgan fingerprint density at radius 3 is 3.27 bits per heavy atom. The topological polar surface area (TPSA) is 25.0 Å². The SMILES string of the molecule is CC1COCc2cc(Br)[nH]c21. The zero-order chi connectivity index (χ0) is 7.84. The minimum absolute atomic E-state index is 0.505. The van der Waals surface area contributed by atoms with Crippen molar-refractivity contribution in [1.29, 1.82) is 0 Å². The van der Waals surface area contributed by atoms with Gasteiger partial charge < -0.3 is 9.72 Å². The van der Waals surface area contributed by atoms with Crippen LogP contribution in [-0.4, -0.2) is 11.6 Å². The Morgan fingerprint density at radius 2 is 2.55 bits per heavy atom. The van der Waals surface area contributed by atoms with Gasteiger partial charge in [-0.2, -0.15) is 0 Å². The molecule has 0 fully saturated rings. The van der Waals surface area contributed by atoms with E-state index in [4.69, 9.17) is 4.74 Å². The normalized spacial score (nSPS) is 23.3. The van der Waals surface area contributed by atoms with Crippen molar-refractivity contribution in [2.24, 2.45) is 0 Å². The van der Waals surface area contributed by atoms with E-state index in [1.54, 1.807) is 0 Å². The molecule has 1 N–H and O–H groups in total. The molecule has 1 aromatic heterocycles. The number of rotatable bonds is 0. The molecule has 0 bridgehead atoms. The van der Waals surface area contributed by atoms with Crippen molar-refractivity contribution in [3.8, 4) is 0 Å². The second kappa shape index (κ2) is 2.64. The Kier molecular flexibility index (Phi) is 1.77. The maximum absolute atomic E-state index is 5.38. The molecule has 0 spiro atoms. The zero-order valence-corrected chi connectivity index (χ0v) is 7.94. The van der Waals surface area contributed by atoms with Gasteiger partial charge in [0.05, 0.1) is 17.8 Å². The monoisotopic (exact) mass is 215 g/mol. The third-order valence-electron chi connectivity index (χ3n) is 2.02. The highest BCUT2D eigenvalue weighted by Crippen LogP contribution is 2.27. The van der Waals surface area contributed by atoms with Gasteiger partial charge in [0.2, 0.25) is 0 Å². The molecule has 1 atom stereocenters. The Morgan fingerprint density at radius 1 is 1.73 bits per heavy atom. The molecule has 0 saturated heterocycles. The van der Waals surface area contributed by atoms with Crippen LogP contribution in [0.15, 0.2) is 10.7 Å². The fourth-order valence-corrected chi connectivity index (χ4v) is 1.95. The fourth-order valence-electron chi connectivity index (χ4n) is 1.46. The number of aromatic nitrogens is 1. The number of fused-ring (bicyclic) bond motifs is 1. The van der Waals surface area contributed by atoms with Gasteiger partial charge in [-0.15, -0.1) is 0 Å². The van der Waals surface area contributed by atoms with Crippen molar-refractivity contribution >= 4 is 15.9 Å². The van der Waals surface area contributed by atoms with Gasteiger partial charge in [0, 0.05) is 11.6 Å². The van der Waals surface area contributed by atoms with Crippen molar-refractivity contribution in [3.63, 3.8) is 0 Å². The Hall–Kier alpha value is -0.280. The first-order valence-electron chi connectivity index (χ1n) is 3.72. The summed E-state index contributed by atoms with van der Waals surface area (Å²) in [6.07, 6.45) is 0. The summed E-state index contributed by atoms with van der Waals surface area (Å²) in [5, 5.41) is 0. The lowest BCUT2D eigenvalue weighted by molar-refractivity contribution is 0.0943. The highest BCUT2D eigenvalue weighted by Gasteiger charge is 2.18. The number of halogens is 1. The highest BCUT2D eigenvalue weighted by atomic mass is 79.9. The molecule has 2 heterocycles. The average molecular weight is 216 g/mol.